The third kappa shape index (κ3) is 2.64. The largest absolute Gasteiger partial charge is 0.383 e. The molecule has 0 radical (unpaired) electrons. The van der Waals surface area contributed by atoms with Gasteiger partial charge in [0, 0.05) is 31.5 Å². The molecular formula is C13H21N3O. The Hall–Kier alpha value is -1.00. The van der Waals surface area contributed by atoms with E-state index in [0.29, 0.717) is 17.3 Å². The smallest absolute Gasteiger partial charge is 0.115 e. The zero-order valence-electron chi connectivity index (χ0n) is 10.8. The molecule has 0 amide bonds. The number of methoxy groups -OCH3 is 1. The van der Waals surface area contributed by atoms with E-state index >= 15 is 0 Å². The van der Waals surface area contributed by atoms with Gasteiger partial charge >= 0.3 is 0 Å². The molecule has 17 heavy (non-hydrogen) atoms. The third-order valence-corrected chi connectivity index (χ3v) is 3.82. The van der Waals surface area contributed by atoms with Crippen molar-refractivity contribution in [3.63, 3.8) is 0 Å². The molecule has 2 atom stereocenters. The number of nitrogens with zero attached hydrogens (tertiary/aromatic N) is 2. The lowest BCUT2D eigenvalue weighted by Crippen LogP contribution is -2.22. The summed E-state index contributed by atoms with van der Waals surface area (Å²) in [4.78, 5) is 8.34. The van der Waals surface area contributed by atoms with Gasteiger partial charge in [-0.05, 0) is 23.9 Å². The van der Waals surface area contributed by atoms with Crippen LogP contribution in [0.25, 0.3) is 0 Å². The zero-order chi connectivity index (χ0) is 12.3. The van der Waals surface area contributed by atoms with E-state index in [0.717, 1.165) is 19.7 Å². The van der Waals surface area contributed by atoms with Crippen LogP contribution in [0.15, 0.2) is 18.6 Å². The first kappa shape index (κ1) is 12.5. The molecule has 1 saturated carbocycles. The summed E-state index contributed by atoms with van der Waals surface area (Å²) in [6.45, 7) is 7.33. The number of aromatic nitrogens is 2. The quantitative estimate of drug-likeness (QED) is 0.758. The maximum Gasteiger partial charge on any atom is 0.115 e. The first-order valence-electron chi connectivity index (χ1n) is 6.13. The number of nitrogens with one attached hydrogen (secondary N) is 1. The van der Waals surface area contributed by atoms with E-state index in [4.69, 9.17) is 4.74 Å². The third-order valence-electron chi connectivity index (χ3n) is 3.82. The van der Waals surface area contributed by atoms with Crippen molar-refractivity contribution in [1.29, 1.82) is 0 Å². The Bertz CT molecular complexity index is 353. The average molecular weight is 235 g/mol. The Morgan fingerprint density at radius 1 is 1.47 bits per heavy atom. The molecule has 1 aliphatic carbocycles. The summed E-state index contributed by atoms with van der Waals surface area (Å²) < 4.78 is 5.02. The van der Waals surface area contributed by atoms with Gasteiger partial charge in [-0.3, -0.25) is 0 Å². The highest BCUT2D eigenvalue weighted by Gasteiger charge is 2.58. The van der Waals surface area contributed by atoms with Gasteiger partial charge in [0.15, 0.2) is 0 Å². The van der Waals surface area contributed by atoms with Crippen LogP contribution >= 0.6 is 0 Å². The molecule has 0 spiro atoms. The molecule has 0 aliphatic heterocycles. The van der Waals surface area contributed by atoms with Gasteiger partial charge in [0.05, 0.1) is 6.61 Å². The highest BCUT2D eigenvalue weighted by Crippen LogP contribution is 2.63. The van der Waals surface area contributed by atoms with E-state index in [1.54, 1.807) is 13.4 Å². The predicted molar refractivity (Wildman–Crippen MR) is 66.8 cm³/mol. The van der Waals surface area contributed by atoms with E-state index < -0.39 is 0 Å². The minimum atomic E-state index is 0.342. The average Bonchev–Trinajstić information content (AvgIpc) is 2.88. The van der Waals surface area contributed by atoms with Crippen LogP contribution in [0.2, 0.25) is 0 Å². The number of ether oxygens (including phenoxy) is 1. The molecule has 1 aromatic heterocycles. The van der Waals surface area contributed by atoms with E-state index in [9.17, 15) is 0 Å². The molecule has 94 valence electrons. The second-order valence-corrected chi connectivity index (χ2v) is 5.24. The number of hydrogen-bond donors (Lipinski definition) is 1. The standard InChI is InChI=1S/C13H21N3O/c1-13(2)10(8-14-6-7-17-3)12(13)11-4-5-15-9-16-11/h4-5,9-10,12,14H,6-8H2,1-3H3. The fourth-order valence-electron chi connectivity index (χ4n) is 2.63. The van der Waals surface area contributed by atoms with E-state index in [2.05, 4.69) is 29.1 Å². The summed E-state index contributed by atoms with van der Waals surface area (Å²) in [5, 5.41) is 3.44. The molecule has 0 saturated heterocycles. The SMILES string of the molecule is COCCNCC1C(c2ccncn2)C1(C)C. The van der Waals surface area contributed by atoms with Crippen LogP contribution in [0.1, 0.15) is 25.5 Å². The summed E-state index contributed by atoms with van der Waals surface area (Å²) in [6.07, 6.45) is 3.46. The fraction of sp³-hybridized carbons (Fsp3) is 0.692. The molecule has 4 nitrogen and oxygen atoms in total. The van der Waals surface area contributed by atoms with Crippen molar-refractivity contribution in [2.75, 3.05) is 26.8 Å². The summed E-state index contributed by atoms with van der Waals surface area (Å²) in [7, 11) is 1.73. The van der Waals surface area contributed by atoms with Crippen molar-refractivity contribution in [1.82, 2.24) is 15.3 Å². The molecule has 1 aromatic rings. The molecule has 0 aromatic carbocycles. The van der Waals surface area contributed by atoms with Gasteiger partial charge in [-0.15, -0.1) is 0 Å². The Morgan fingerprint density at radius 3 is 2.94 bits per heavy atom. The topological polar surface area (TPSA) is 47.0 Å². The summed E-state index contributed by atoms with van der Waals surface area (Å²) in [5.41, 5.74) is 1.51. The lowest BCUT2D eigenvalue weighted by atomic mass is 10.1. The van der Waals surface area contributed by atoms with Gasteiger partial charge in [-0.1, -0.05) is 13.8 Å². The Balaban J connectivity index is 1.88. The van der Waals surface area contributed by atoms with Crippen LogP contribution in [-0.2, 0) is 4.74 Å². The summed E-state index contributed by atoms with van der Waals surface area (Å²) >= 11 is 0. The van der Waals surface area contributed by atoms with Crippen LogP contribution in [0.5, 0.6) is 0 Å². The van der Waals surface area contributed by atoms with Gasteiger partial charge in [0.1, 0.15) is 6.33 Å². The maximum atomic E-state index is 5.02. The van der Waals surface area contributed by atoms with Crippen LogP contribution in [0.4, 0.5) is 0 Å². The lowest BCUT2D eigenvalue weighted by molar-refractivity contribution is 0.198. The van der Waals surface area contributed by atoms with E-state index in [1.165, 1.54) is 5.69 Å². The van der Waals surface area contributed by atoms with Crippen LogP contribution in [0.3, 0.4) is 0 Å². The second-order valence-electron chi connectivity index (χ2n) is 5.24. The Kier molecular flexibility index (Phi) is 3.74. The highest BCUT2D eigenvalue weighted by atomic mass is 16.5. The molecule has 1 N–H and O–H groups in total. The van der Waals surface area contributed by atoms with Crippen molar-refractivity contribution in [3.8, 4) is 0 Å². The molecule has 2 unspecified atom stereocenters. The van der Waals surface area contributed by atoms with Crippen molar-refractivity contribution in [3.05, 3.63) is 24.3 Å². The van der Waals surface area contributed by atoms with Crippen LogP contribution < -0.4 is 5.32 Å². The minimum Gasteiger partial charge on any atom is -0.383 e. The van der Waals surface area contributed by atoms with E-state index in [1.807, 2.05) is 12.3 Å². The first-order chi connectivity index (χ1) is 8.18. The Morgan fingerprint density at radius 2 is 2.29 bits per heavy atom. The molecule has 4 heteroatoms. The fourth-order valence-corrected chi connectivity index (χ4v) is 2.63. The van der Waals surface area contributed by atoms with E-state index in [-0.39, 0.29) is 0 Å². The van der Waals surface area contributed by atoms with Crippen molar-refractivity contribution < 1.29 is 4.74 Å². The Labute approximate surface area is 103 Å². The van der Waals surface area contributed by atoms with Crippen molar-refractivity contribution >= 4 is 0 Å². The summed E-state index contributed by atoms with van der Waals surface area (Å²) in [6, 6.07) is 2.03. The van der Waals surface area contributed by atoms with Gasteiger partial charge in [-0.25, -0.2) is 9.97 Å². The molecule has 2 rings (SSSR count). The second kappa shape index (κ2) is 5.10. The van der Waals surface area contributed by atoms with Crippen LogP contribution in [0, 0.1) is 11.3 Å². The molecule has 0 bridgehead atoms. The maximum absolute atomic E-state index is 5.02. The summed E-state index contributed by atoms with van der Waals surface area (Å²) in [5.74, 6) is 1.22. The van der Waals surface area contributed by atoms with Gasteiger partial charge in [0.25, 0.3) is 0 Å². The van der Waals surface area contributed by atoms with Crippen LogP contribution in [-0.4, -0.2) is 36.8 Å². The van der Waals surface area contributed by atoms with Gasteiger partial charge < -0.3 is 10.1 Å². The van der Waals surface area contributed by atoms with Crippen molar-refractivity contribution in [2.45, 2.75) is 19.8 Å². The number of rotatable bonds is 6. The predicted octanol–water partition coefficient (Wildman–Crippen LogP) is 1.45. The zero-order valence-corrected chi connectivity index (χ0v) is 10.8. The molecule has 1 fully saturated rings. The minimum absolute atomic E-state index is 0.342. The highest BCUT2D eigenvalue weighted by molar-refractivity contribution is 5.25. The normalized spacial score (nSPS) is 25.8. The first-order valence-corrected chi connectivity index (χ1v) is 6.13. The monoisotopic (exact) mass is 235 g/mol. The van der Waals surface area contributed by atoms with Gasteiger partial charge in [-0.2, -0.15) is 0 Å². The van der Waals surface area contributed by atoms with Gasteiger partial charge in [0.2, 0.25) is 0 Å². The number of hydrogen-bond acceptors (Lipinski definition) is 4. The molecular weight excluding hydrogens is 214 g/mol. The molecule has 1 heterocycles. The lowest BCUT2D eigenvalue weighted by Gasteiger charge is -2.04. The molecule has 1 aliphatic rings. The van der Waals surface area contributed by atoms with Crippen molar-refractivity contribution in [2.24, 2.45) is 11.3 Å².